The first-order valence-corrected chi connectivity index (χ1v) is 9.07. The molecule has 0 unspecified atom stereocenters. The number of hydrogen-bond donors (Lipinski definition) is 0. The van der Waals surface area contributed by atoms with Gasteiger partial charge in [0.25, 0.3) is 0 Å². The van der Waals surface area contributed by atoms with Crippen molar-refractivity contribution in [2.24, 2.45) is 0 Å². The van der Waals surface area contributed by atoms with Gasteiger partial charge in [0.1, 0.15) is 5.75 Å². The number of methoxy groups -OCH3 is 1. The first kappa shape index (κ1) is 20.5. The summed E-state index contributed by atoms with van der Waals surface area (Å²) in [5.74, 6) is 0.752. The van der Waals surface area contributed by atoms with Gasteiger partial charge in [0.15, 0.2) is 0 Å². The topological polar surface area (TPSA) is 19.0 Å². The smallest absolute Gasteiger partial charge is 0.250 e. The highest BCUT2D eigenvalue weighted by Crippen LogP contribution is 2.38. The molecule has 1 aromatic carbocycles. The van der Waals surface area contributed by atoms with Crippen LogP contribution in [0.25, 0.3) is 6.08 Å². The third kappa shape index (κ3) is 5.61. The maximum absolute atomic E-state index is 5.99. The molecule has 0 radical (unpaired) electrons. The van der Waals surface area contributed by atoms with Crippen molar-refractivity contribution in [1.82, 2.24) is 14.7 Å². The average Bonchev–Trinajstić information content (AvgIpc) is 2.51. The third-order valence-corrected chi connectivity index (χ3v) is 4.80. The van der Waals surface area contributed by atoms with Crippen LogP contribution in [0.4, 0.5) is 0 Å². The number of rotatable bonds is 3. The van der Waals surface area contributed by atoms with Crippen LogP contribution in [0.2, 0.25) is 0 Å². The summed E-state index contributed by atoms with van der Waals surface area (Å²) in [6.45, 7) is 0.921. The zero-order valence-corrected chi connectivity index (χ0v) is 17.1. The van der Waals surface area contributed by atoms with Crippen LogP contribution in [0.15, 0.2) is 30.5 Å². The van der Waals surface area contributed by atoms with Gasteiger partial charge in [-0.05, 0) is 12.1 Å². The van der Waals surface area contributed by atoms with Crippen molar-refractivity contribution < 1.29 is 4.74 Å². The van der Waals surface area contributed by atoms with Crippen LogP contribution in [0.1, 0.15) is 5.56 Å². The summed E-state index contributed by atoms with van der Waals surface area (Å²) in [6, 6.07) is 7.61. The quantitative estimate of drug-likeness (QED) is 0.467. The molecule has 1 aliphatic heterocycles. The fourth-order valence-electron chi connectivity index (χ4n) is 2.18. The fourth-order valence-corrected chi connectivity index (χ4v) is 2.83. The van der Waals surface area contributed by atoms with Crippen molar-refractivity contribution in [2.75, 3.05) is 27.1 Å². The van der Waals surface area contributed by atoms with E-state index < -0.39 is 7.83 Å². The lowest BCUT2D eigenvalue weighted by Crippen LogP contribution is -2.59. The van der Waals surface area contributed by atoms with Gasteiger partial charge in [0.2, 0.25) is 7.83 Å². The molecule has 0 saturated carbocycles. The molecule has 24 heavy (non-hydrogen) atoms. The lowest BCUT2D eigenvalue weighted by atomic mass is 10.2. The number of ether oxygens (including phenoxy) is 1. The molecule has 1 aliphatic rings. The number of hydrogen-bond acceptors (Lipinski definition) is 4. The minimum Gasteiger partial charge on any atom is -0.496 e. The van der Waals surface area contributed by atoms with Gasteiger partial charge in [-0.25, -0.2) is 9.80 Å². The molecule has 10 heteroatoms. The second kappa shape index (κ2) is 8.28. The molecule has 4 nitrogen and oxygen atoms in total. The summed E-state index contributed by atoms with van der Waals surface area (Å²) in [4.78, 5) is 4.96. The highest BCUT2D eigenvalue weighted by Gasteiger charge is 2.41. The summed E-state index contributed by atoms with van der Waals surface area (Å²) in [6.07, 6.45) is 3.72. The first-order chi connectivity index (χ1) is 11.1. The van der Waals surface area contributed by atoms with Gasteiger partial charge in [0.05, 0.1) is 27.1 Å². The Morgan fingerprint density at radius 1 is 0.917 bits per heavy atom. The summed E-state index contributed by atoms with van der Waals surface area (Å²) >= 11 is 35.9. The largest absolute Gasteiger partial charge is 0.496 e. The maximum Gasteiger partial charge on any atom is 0.250 e. The molecule has 1 saturated heterocycles. The van der Waals surface area contributed by atoms with Crippen molar-refractivity contribution in [3.05, 3.63) is 36.0 Å². The summed E-state index contributed by atoms with van der Waals surface area (Å²) in [5, 5.41) is 0. The lowest BCUT2D eigenvalue weighted by molar-refractivity contribution is -0.00902. The van der Waals surface area contributed by atoms with E-state index >= 15 is 0 Å². The minimum absolute atomic E-state index is 0.200. The minimum atomic E-state index is -1.62. The van der Waals surface area contributed by atoms with E-state index in [1.165, 1.54) is 0 Å². The molecule has 0 amide bonds. The Hall–Kier alpha value is 0.220. The summed E-state index contributed by atoms with van der Waals surface area (Å²) in [7, 11) is 1.61. The van der Waals surface area contributed by atoms with Crippen molar-refractivity contribution in [1.29, 1.82) is 0 Å². The molecule has 0 N–H and O–H groups in total. The van der Waals surface area contributed by atoms with Crippen LogP contribution >= 0.6 is 69.6 Å². The Balaban J connectivity index is 2.20. The van der Waals surface area contributed by atoms with Gasteiger partial charge in [-0.1, -0.05) is 87.8 Å². The summed E-state index contributed by atoms with van der Waals surface area (Å²) < 4.78 is 2.08. The second-order valence-corrected chi connectivity index (χ2v) is 9.53. The van der Waals surface area contributed by atoms with Crippen LogP contribution in [-0.4, -0.2) is 49.6 Å². The Morgan fingerprint density at radius 2 is 1.46 bits per heavy atom. The molecule has 0 atom stereocenters. The van der Waals surface area contributed by atoms with E-state index in [1.54, 1.807) is 16.9 Å². The van der Waals surface area contributed by atoms with Gasteiger partial charge >= 0.3 is 0 Å². The Labute approximate surface area is 171 Å². The van der Waals surface area contributed by atoms with Gasteiger partial charge in [-0.2, -0.15) is 0 Å². The van der Waals surface area contributed by atoms with E-state index in [0.717, 1.165) is 11.3 Å². The standard InChI is InChI=1S/C14H15Cl6N3O/c1-24-12-5-3-2-4-11(12)6-7-21-8-22(13(15,16)17)10-23(9-21)14(18,19)20/h2-7H,8-10H2,1H3/b7-6+. The molecule has 134 valence electrons. The van der Waals surface area contributed by atoms with Crippen molar-refractivity contribution >= 4 is 75.7 Å². The zero-order valence-electron chi connectivity index (χ0n) is 12.6. The SMILES string of the molecule is COc1ccccc1/C=C/N1CN(C(Cl)(Cl)Cl)CN(C(Cl)(Cl)Cl)C1. The third-order valence-electron chi connectivity index (χ3n) is 3.37. The maximum atomic E-state index is 5.99. The lowest BCUT2D eigenvalue weighted by Gasteiger charge is -2.46. The van der Waals surface area contributed by atoms with Gasteiger partial charge in [-0.3, -0.25) is 0 Å². The Morgan fingerprint density at radius 3 is 1.96 bits per heavy atom. The number of benzene rings is 1. The summed E-state index contributed by atoms with van der Waals surface area (Å²) in [5.41, 5.74) is 0.909. The van der Waals surface area contributed by atoms with Crippen LogP contribution in [-0.2, 0) is 0 Å². The highest BCUT2D eigenvalue weighted by molar-refractivity contribution is 6.67. The van der Waals surface area contributed by atoms with E-state index in [4.69, 9.17) is 74.3 Å². The highest BCUT2D eigenvalue weighted by atomic mass is 35.6. The van der Waals surface area contributed by atoms with Gasteiger partial charge in [0, 0.05) is 11.8 Å². The number of halogens is 6. The van der Waals surface area contributed by atoms with Gasteiger partial charge < -0.3 is 9.64 Å². The number of alkyl halides is 6. The molecule has 0 bridgehead atoms. The monoisotopic (exact) mass is 451 g/mol. The zero-order chi connectivity index (χ0) is 18.0. The first-order valence-electron chi connectivity index (χ1n) is 6.80. The van der Waals surface area contributed by atoms with E-state index in [0.29, 0.717) is 13.3 Å². The molecule has 1 aromatic rings. The fraction of sp³-hybridized carbons (Fsp3) is 0.429. The molecular formula is C14H15Cl6N3O. The van der Waals surface area contributed by atoms with Crippen LogP contribution in [0.3, 0.4) is 0 Å². The predicted octanol–water partition coefficient (Wildman–Crippen LogP) is 5.11. The number of para-hydroxylation sites is 1. The molecular weight excluding hydrogens is 439 g/mol. The number of nitrogens with zero attached hydrogens (tertiary/aromatic N) is 3. The molecule has 1 fully saturated rings. The normalized spacial score (nSPS) is 18.4. The molecule has 0 aliphatic carbocycles. The van der Waals surface area contributed by atoms with E-state index in [1.807, 2.05) is 41.4 Å². The van der Waals surface area contributed by atoms with E-state index in [9.17, 15) is 0 Å². The molecule has 2 rings (SSSR count). The van der Waals surface area contributed by atoms with Crippen LogP contribution in [0, 0.1) is 0 Å². The van der Waals surface area contributed by atoms with E-state index in [2.05, 4.69) is 0 Å². The molecule has 0 spiro atoms. The van der Waals surface area contributed by atoms with Crippen molar-refractivity contribution in [3.63, 3.8) is 0 Å². The van der Waals surface area contributed by atoms with Crippen molar-refractivity contribution in [2.45, 2.75) is 7.83 Å². The molecule has 1 heterocycles. The predicted molar refractivity (Wildman–Crippen MR) is 103 cm³/mol. The average molecular weight is 454 g/mol. The van der Waals surface area contributed by atoms with E-state index in [-0.39, 0.29) is 6.67 Å². The Kier molecular flexibility index (Phi) is 7.08. The second-order valence-electron chi connectivity index (χ2n) is 5.09. The van der Waals surface area contributed by atoms with Gasteiger partial charge in [-0.15, -0.1) is 0 Å². The Bertz CT molecular complexity index is 565. The van der Waals surface area contributed by atoms with Crippen LogP contribution < -0.4 is 4.74 Å². The van der Waals surface area contributed by atoms with Crippen molar-refractivity contribution in [3.8, 4) is 5.75 Å². The molecule has 0 aromatic heterocycles. The van der Waals surface area contributed by atoms with Crippen LogP contribution in [0.5, 0.6) is 5.75 Å².